The molecule has 0 saturated heterocycles. The number of hydrogen-bond donors (Lipinski definition) is 0. The van der Waals surface area contributed by atoms with E-state index in [-0.39, 0.29) is 11.5 Å². The van der Waals surface area contributed by atoms with Gasteiger partial charge in [-0.1, -0.05) is 45.0 Å². The number of methoxy groups -OCH3 is 1. The van der Waals surface area contributed by atoms with Crippen molar-refractivity contribution in [2.45, 2.75) is 52.1 Å². The minimum Gasteiger partial charge on any atom is -0.377 e. The summed E-state index contributed by atoms with van der Waals surface area (Å²) < 4.78 is 5.46. The van der Waals surface area contributed by atoms with Crippen LogP contribution in [0.3, 0.4) is 0 Å². The molecule has 0 N–H and O–H groups in total. The van der Waals surface area contributed by atoms with Crippen LogP contribution in [0.4, 0.5) is 0 Å². The van der Waals surface area contributed by atoms with Crippen molar-refractivity contribution in [2.24, 2.45) is 0 Å². The Bertz CT molecular complexity index is 326. The van der Waals surface area contributed by atoms with Crippen molar-refractivity contribution in [3.8, 4) is 0 Å². The molecule has 1 nitrogen and oxygen atoms in total. The molecule has 0 bridgehead atoms. The summed E-state index contributed by atoms with van der Waals surface area (Å²) in [4.78, 5) is 0. The number of benzene rings is 1. The summed E-state index contributed by atoms with van der Waals surface area (Å²) >= 11 is 0. The molecule has 1 heteroatoms. The van der Waals surface area contributed by atoms with Crippen molar-refractivity contribution in [1.82, 2.24) is 0 Å². The Balaban J connectivity index is 3.21. The van der Waals surface area contributed by atoms with Crippen molar-refractivity contribution in [2.75, 3.05) is 7.11 Å². The fourth-order valence-corrected chi connectivity index (χ4v) is 2.16. The van der Waals surface area contributed by atoms with Gasteiger partial charge < -0.3 is 4.74 Å². The molecule has 0 aromatic heterocycles. The molecule has 0 aliphatic rings. The van der Waals surface area contributed by atoms with Crippen molar-refractivity contribution in [1.29, 1.82) is 0 Å². The molecule has 0 amide bonds. The van der Waals surface area contributed by atoms with Crippen LogP contribution in [0.25, 0.3) is 0 Å². The predicted molar refractivity (Wildman–Crippen MR) is 69.8 cm³/mol. The first kappa shape index (κ1) is 13.2. The van der Waals surface area contributed by atoms with Gasteiger partial charge >= 0.3 is 0 Å². The van der Waals surface area contributed by atoms with Crippen molar-refractivity contribution in [3.05, 3.63) is 35.4 Å². The van der Waals surface area contributed by atoms with E-state index in [1.165, 1.54) is 11.1 Å². The third-order valence-electron chi connectivity index (χ3n) is 3.96. The minimum atomic E-state index is 0.175. The van der Waals surface area contributed by atoms with Gasteiger partial charge in [-0.3, -0.25) is 0 Å². The Labute approximate surface area is 99.8 Å². The SMILES string of the molecule is CCC(C)(CC)c1ccccc1C(C)OC. The maximum atomic E-state index is 5.46. The van der Waals surface area contributed by atoms with Crippen LogP contribution in [0.15, 0.2) is 24.3 Å². The predicted octanol–water partition coefficient (Wildman–Crippen LogP) is 4.47. The summed E-state index contributed by atoms with van der Waals surface area (Å²) in [5.41, 5.74) is 3.04. The van der Waals surface area contributed by atoms with E-state index < -0.39 is 0 Å². The Kier molecular flexibility index (Phi) is 4.55. The van der Waals surface area contributed by atoms with Gasteiger partial charge in [-0.05, 0) is 36.3 Å². The largest absolute Gasteiger partial charge is 0.377 e. The highest BCUT2D eigenvalue weighted by Gasteiger charge is 2.26. The van der Waals surface area contributed by atoms with E-state index in [1.54, 1.807) is 7.11 Å². The van der Waals surface area contributed by atoms with Gasteiger partial charge in [0.15, 0.2) is 0 Å². The van der Waals surface area contributed by atoms with E-state index in [4.69, 9.17) is 4.74 Å². The highest BCUT2D eigenvalue weighted by atomic mass is 16.5. The molecule has 0 fully saturated rings. The average Bonchev–Trinajstić information content (AvgIpc) is 2.37. The second-order valence-electron chi connectivity index (χ2n) is 4.73. The summed E-state index contributed by atoms with van der Waals surface area (Å²) in [5, 5.41) is 0. The van der Waals surface area contributed by atoms with Crippen LogP contribution in [-0.4, -0.2) is 7.11 Å². The molecule has 0 aliphatic carbocycles. The van der Waals surface area contributed by atoms with Crippen LogP contribution in [-0.2, 0) is 10.2 Å². The third kappa shape index (κ3) is 2.46. The van der Waals surface area contributed by atoms with Gasteiger partial charge in [-0.25, -0.2) is 0 Å². The molecule has 0 aliphatic heterocycles. The maximum absolute atomic E-state index is 5.46. The molecule has 1 rings (SSSR count). The van der Waals surface area contributed by atoms with E-state index in [2.05, 4.69) is 52.0 Å². The Morgan fingerprint density at radius 1 is 1.19 bits per heavy atom. The van der Waals surface area contributed by atoms with Crippen LogP contribution in [0.1, 0.15) is 57.8 Å². The van der Waals surface area contributed by atoms with E-state index in [1.807, 2.05) is 0 Å². The van der Waals surface area contributed by atoms with Crippen LogP contribution in [0, 0.1) is 0 Å². The average molecular weight is 220 g/mol. The second-order valence-corrected chi connectivity index (χ2v) is 4.73. The van der Waals surface area contributed by atoms with Crippen molar-refractivity contribution < 1.29 is 4.74 Å². The lowest BCUT2D eigenvalue weighted by atomic mass is 9.75. The molecular formula is C15H24O. The van der Waals surface area contributed by atoms with Gasteiger partial charge in [0.1, 0.15) is 0 Å². The standard InChI is InChI=1S/C15H24O/c1-6-15(4,7-2)14-11-9-8-10-13(14)12(3)16-5/h8-12H,6-7H2,1-5H3. The Morgan fingerprint density at radius 3 is 2.25 bits per heavy atom. The summed E-state index contributed by atoms with van der Waals surface area (Å²) in [6.07, 6.45) is 2.50. The van der Waals surface area contributed by atoms with E-state index in [0.717, 1.165) is 12.8 Å². The highest BCUT2D eigenvalue weighted by molar-refractivity contribution is 5.35. The van der Waals surface area contributed by atoms with Crippen LogP contribution >= 0.6 is 0 Å². The first-order valence-electron chi connectivity index (χ1n) is 6.21. The minimum absolute atomic E-state index is 0.175. The molecule has 16 heavy (non-hydrogen) atoms. The number of ether oxygens (including phenoxy) is 1. The second kappa shape index (κ2) is 5.49. The van der Waals surface area contributed by atoms with E-state index in [0.29, 0.717) is 0 Å². The lowest BCUT2D eigenvalue weighted by molar-refractivity contribution is 0.117. The quantitative estimate of drug-likeness (QED) is 0.711. The zero-order valence-corrected chi connectivity index (χ0v) is 11.2. The van der Waals surface area contributed by atoms with Crippen LogP contribution in [0.2, 0.25) is 0 Å². The van der Waals surface area contributed by atoms with Gasteiger partial charge in [0.05, 0.1) is 6.10 Å². The topological polar surface area (TPSA) is 9.23 Å². The first-order valence-corrected chi connectivity index (χ1v) is 6.21. The molecule has 1 unspecified atom stereocenters. The third-order valence-corrected chi connectivity index (χ3v) is 3.96. The van der Waals surface area contributed by atoms with Gasteiger partial charge in [-0.2, -0.15) is 0 Å². The molecule has 0 radical (unpaired) electrons. The molecule has 1 aromatic rings. The summed E-state index contributed by atoms with van der Waals surface area (Å²) in [7, 11) is 1.77. The van der Waals surface area contributed by atoms with E-state index >= 15 is 0 Å². The number of hydrogen-bond acceptors (Lipinski definition) is 1. The molecule has 0 heterocycles. The molecule has 1 aromatic carbocycles. The smallest absolute Gasteiger partial charge is 0.0795 e. The summed E-state index contributed by atoms with van der Waals surface area (Å²) in [6, 6.07) is 8.66. The molecule has 0 spiro atoms. The monoisotopic (exact) mass is 220 g/mol. The number of rotatable bonds is 5. The zero-order chi connectivity index (χ0) is 12.2. The molecule has 90 valence electrons. The molecule has 1 atom stereocenters. The molecule has 0 saturated carbocycles. The normalized spacial score (nSPS) is 13.8. The summed E-state index contributed by atoms with van der Waals surface area (Å²) in [5.74, 6) is 0. The fourth-order valence-electron chi connectivity index (χ4n) is 2.16. The highest BCUT2D eigenvalue weighted by Crippen LogP contribution is 2.36. The van der Waals surface area contributed by atoms with Crippen molar-refractivity contribution >= 4 is 0 Å². The van der Waals surface area contributed by atoms with Gasteiger partial charge in [0.25, 0.3) is 0 Å². The fraction of sp³-hybridized carbons (Fsp3) is 0.600. The van der Waals surface area contributed by atoms with Crippen molar-refractivity contribution in [3.63, 3.8) is 0 Å². The lowest BCUT2D eigenvalue weighted by Gasteiger charge is -2.31. The maximum Gasteiger partial charge on any atom is 0.0795 e. The van der Waals surface area contributed by atoms with Crippen LogP contribution < -0.4 is 0 Å². The van der Waals surface area contributed by atoms with E-state index in [9.17, 15) is 0 Å². The van der Waals surface area contributed by atoms with Gasteiger partial charge in [0, 0.05) is 7.11 Å². The Hall–Kier alpha value is -0.820. The zero-order valence-electron chi connectivity index (χ0n) is 11.2. The van der Waals surface area contributed by atoms with Crippen LogP contribution in [0.5, 0.6) is 0 Å². The molecular weight excluding hydrogens is 196 g/mol. The lowest BCUT2D eigenvalue weighted by Crippen LogP contribution is -2.22. The summed E-state index contributed by atoms with van der Waals surface area (Å²) in [6.45, 7) is 8.98. The Morgan fingerprint density at radius 2 is 1.75 bits per heavy atom. The van der Waals surface area contributed by atoms with Gasteiger partial charge in [0.2, 0.25) is 0 Å². The van der Waals surface area contributed by atoms with Gasteiger partial charge in [-0.15, -0.1) is 0 Å². The first-order chi connectivity index (χ1) is 7.59.